The van der Waals surface area contributed by atoms with Crippen molar-refractivity contribution in [3.8, 4) is 0 Å². The van der Waals surface area contributed by atoms with E-state index in [9.17, 15) is 9.59 Å². The minimum atomic E-state index is -0.852. The van der Waals surface area contributed by atoms with Gasteiger partial charge in [0.1, 0.15) is 0 Å². The summed E-state index contributed by atoms with van der Waals surface area (Å²) in [5.74, 6) is -0.852. The number of hydrogen-bond acceptors (Lipinski definition) is 3. The van der Waals surface area contributed by atoms with Crippen LogP contribution in [-0.2, 0) is 4.79 Å². The van der Waals surface area contributed by atoms with Crippen LogP contribution in [0.2, 0.25) is 0 Å². The summed E-state index contributed by atoms with van der Waals surface area (Å²) in [7, 11) is 0. The molecular weight excluding hydrogens is 270 g/mol. The molecule has 21 heavy (non-hydrogen) atoms. The Morgan fingerprint density at radius 3 is 2.52 bits per heavy atom. The quantitative estimate of drug-likeness (QED) is 0.747. The van der Waals surface area contributed by atoms with E-state index in [0.717, 1.165) is 25.9 Å². The van der Waals surface area contributed by atoms with Gasteiger partial charge in [-0.1, -0.05) is 6.42 Å². The van der Waals surface area contributed by atoms with Gasteiger partial charge in [0.25, 0.3) is 0 Å². The first-order chi connectivity index (χ1) is 10.1. The van der Waals surface area contributed by atoms with Crippen molar-refractivity contribution in [3.05, 3.63) is 0 Å². The Bertz CT molecular complexity index is 365. The van der Waals surface area contributed by atoms with E-state index in [1.54, 1.807) is 4.90 Å². The lowest BCUT2D eigenvalue weighted by molar-refractivity contribution is -0.137. The molecular formula is C15H27N3O3. The first-order valence-electron chi connectivity index (χ1n) is 8.08. The number of likely N-dealkylation sites (tertiary alicyclic amines) is 1. The fraction of sp³-hybridized carbons (Fsp3) is 0.867. The summed E-state index contributed by atoms with van der Waals surface area (Å²) in [5.41, 5.74) is 0. The van der Waals surface area contributed by atoms with Crippen molar-refractivity contribution in [1.82, 2.24) is 15.1 Å². The molecule has 2 amide bonds. The third-order valence-corrected chi connectivity index (χ3v) is 4.38. The van der Waals surface area contributed by atoms with Gasteiger partial charge in [0.15, 0.2) is 0 Å². The SMILES string of the molecule is CC(CNC(=O)N(CCC(=O)O)C1CC1)N1CCCCC1. The van der Waals surface area contributed by atoms with Crippen molar-refractivity contribution in [2.24, 2.45) is 0 Å². The van der Waals surface area contributed by atoms with Gasteiger partial charge in [-0.2, -0.15) is 0 Å². The van der Waals surface area contributed by atoms with Crippen LogP contribution in [0.4, 0.5) is 4.79 Å². The molecule has 2 rings (SSSR count). The summed E-state index contributed by atoms with van der Waals surface area (Å²) in [6.45, 7) is 5.31. The number of nitrogens with one attached hydrogen (secondary N) is 1. The van der Waals surface area contributed by atoms with E-state index >= 15 is 0 Å². The zero-order valence-corrected chi connectivity index (χ0v) is 12.9. The van der Waals surface area contributed by atoms with Gasteiger partial charge in [-0.3, -0.25) is 9.69 Å². The summed E-state index contributed by atoms with van der Waals surface area (Å²) in [6, 6.07) is 0.479. The van der Waals surface area contributed by atoms with Crippen LogP contribution in [-0.4, -0.2) is 65.2 Å². The van der Waals surface area contributed by atoms with Crippen LogP contribution in [0.25, 0.3) is 0 Å². The monoisotopic (exact) mass is 297 g/mol. The van der Waals surface area contributed by atoms with Crippen LogP contribution in [0.15, 0.2) is 0 Å². The molecule has 6 nitrogen and oxygen atoms in total. The van der Waals surface area contributed by atoms with E-state index < -0.39 is 5.97 Å². The molecule has 2 aliphatic rings. The Labute approximate surface area is 126 Å². The first kappa shape index (κ1) is 16.1. The third kappa shape index (κ3) is 5.19. The summed E-state index contributed by atoms with van der Waals surface area (Å²) in [5, 5.41) is 11.7. The number of aliphatic carboxylic acids is 1. The van der Waals surface area contributed by atoms with Crippen LogP contribution in [0, 0.1) is 0 Å². The van der Waals surface area contributed by atoms with Crippen molar-refractivity contribution in [2.45, 2.75) is 57.5 Å². The molecule has 1 atom stereocenters. The van der Waals surface area contributed by atoms with Crippen LogP contribution in [0.1, 0.15) is 45.4 Å². The predicted molar refractivity (Wildman–Crippen MR) is 80.3 cm³/mol. The molecule has 2 N–H and O–H groups in total. The number of carboxylic acid groups (broad SMARTS) is 1. The molecule has 1 saturated heterocycles. The van der Waals surface area contributed by atoms with Crippen molar-refractivity contribution >= 4 is 12.0 Å². The van der Waals surface area contributed by atoms with E-state index in [1.165, 1.54) is 19.3 Å². The molecule has 1 heterocycles. The van der Waals surface area contributed by atoms with Crippen molar-refractivity contribution in [1.29, 1.82) is 0 Å². The number of nitrogens with zero attached hydrogens (tertiary/aromatic N) is 2. The molecule has 0 aromatic heterocycles. The Morgan fingerprint density at radius 2 is 1.95 bits per heavy atom. The lowest BCUT2D eigenvalue weighted by Crippen LogP contribution is -2.48. The van der Waals surface area contributed by atoms with Crippen LogP contribution in [0.5, 0.6) is 0 Å². The molecule has 0 spiro atoms. The third-order valence-electron chi connectivity index (χ3n) is 4.38. The van der Waals surface area contributed by atoms with Crippen LogP contribution in [0.3, 0.4) is 0 Å². The van der Waals surface area contributed by atoms with E-state index in [-0.39, 0.29) is 18.5 Å². The first-order valence-corrected chi connectivity index (χ1v) is 8.08. The van der Waals surface area contributed by atoms with Gasteiger partial charge >= 0.3 is 12.0 Å². The minimum absolute atomic E-state index is 0.0194. The fourth-order valence-electron chi connectivity index (χ4n) is 2.88. The largest absolute Gasteiger partial charge is 0.481 e. The van der Waals surface area contributed by atoms with Gasteiger partial charge in [-0.25, -0.2) is 4.79 Å². The topological polar surface area (TPSA) is 72.9 Å². The number of hydrogen-bond donors (Lipinski definition) is 2. The lowest BCUT2D eigenvalue weighted by Gasteiger charge is -2.33. The molecule has 2 fully saturated rings. The zero-order chi connectivity index (χ0) is 15.2. The van der Waals surface area contributed by atoms with Crippen molar-refractivity contribution < 1.29 is 14.7 Å². The highest BCUT2D eigenvalue weighted by molar-refractivity contribution is 5.76. The number of piperidine rings is 1. The normalized spacial score (nSPS) is 20.8. The standard InChI is InChI=1S/C15H27N3O3/c1-12(17-8-3-2-4-9-17)11-16-15(21)18(13-5-6-13)10-7-14(19)20/h12-13H,2-11H2,1H3,(H,16,21)(H,19,20). The van der Waals surface area contributed by atoms with Gasteiger partial charge in [-0.05, 0) is 45.7 Å². The molecule has 1 saturated carbocycles. The summed E-state index contributed by atoms with van der Waals surface area (Å²) in [6.07, 6.45) is 5.80. The molecule has 1 aliphatic heterocycles. The second-order valence-corrected chi connectivity index (χ2v) is 6.20. The number of urea groups is 1. The van der Waals surface area contributed by atoms with Crippen LogP contribution >= 0.6 is 0 Å². The Balaban J connectivity index is 1.74. The van der Waals surface area contributed by atoms with Crippen molar-refractivity contribution in [2.75, 3.05) is 26.2 Å². The van der Waals surface area contributed by atoms with Gasteiger partial charge in [0.05, 0.1) is 6.42 Å². The number of carbonyl (C=O) groups excluding carboxylic acids is 1. The average Bonchev–Trinajstić information content (AvgIpc) is 3.30. The lowest BCUT2D eigenvalue weighted by atomic mass is 10.1. The smallest absolute Gasteiger partial charge is 0.317 e. The predicted octanol–water partition coefficient (Wildman–Crippen LogP) is 1.51. The summed E-state index contributed by atoms with van der Waals surface area (Å²) < 4.78 is 0. The number of carbonyl (C=O) groups is 2. The number of amides is 2. The highest BCUT2D eigenvalue weighted by Gasteiger charge is 2.32. The average molecular weight is 297 g/mol. The van der Waals surface area contributed by atoms with E-state index in [4.69, 9.17) is 5.11 Å². The Morgan fingerprint density at radius 1 is 1.29 bits per heavy atom. The Hall–Kier alpha value is -1.30. The van der Waals surface area contributed by atoms with Gasteiger partial charge in [-0.15, -0.1) is 0 Å². The maximum absolute atomic E-state index is 12.2. The van der Waals surface area contributed by atoms with Gasteiger partial charge < -0.3 is 15.3 Å². The summed E-state index contributed by atoms with van der Waals surface area (Å²) >= 11 is 0. The summed E-state index contributed by atoms with van der Waals surface area (Å²) in [4.78, 5) is 27.0. The molecule has 6 heteroatoms. The Kier molecular flexibility index (Phi) is 5.85. The molecule has 0 radical (unpaired) electrons. The molecule has 120 valence electrons. The van der Waals surface area contributed by atoms with Crippen molar-refractivity contribution in [3.63, 3.8) is 0 Å². The number of rotatable bonds is 7. The fourth-order valence-corrected chi connectivity index (χ4v) is 2.88. The molecule has 0 aromatic carbocycles. The molecule has 1 unspecified atom stereocenters. The van der Waals surface area contributed by atoms with E-state index in [2.05, 4.69) is 17.1 Å². The van der Waals surface area contributed by atoms with Gasteiger partial charge in [0.2, 0.25) is 0 Å². The minimum Gasteiger partial charge on any atom is -0.481 e. The second-order valence-electron chi connectivity index (χ2n) is 6.20. The molecule has 0 bridgehead atoms. The molecule has 0 aromatic rings. The highest BCUT2D eigenvalue weighted by atomic mass is 16.4. The van der Waals surface area contributed by atoms with E-state index in [0.29, 0.717) is 19.1 Å². The van der Waals surface area contributed by atoms with Gasteiger partial charge in [0, 0.05) is 25.2 Å². The maximum Gasteiger partial charge on any atom is 0.317 e. The van der Waals surface area contributed by atoms with E-state index in [1.807, 2.05) is 0 Å². The maximum atomic E-state index is 12.2. The van der Waals surface area contributed by atoms with Crippen LogP contribution < -0.4 is 5.32 Å². The molecule has 1 aliphatic carbocycles. The zero-order valence-electron chi connectivity index (χ0n) is 12.9. The number of carboxylic acids is 1. The second kappa shape index (κ2) is 7.64. The highest BCUT2D eigenvalue weighted by Crippen LogP contribution is 2.26.